The largest absolute Gasteiger partial charge is 0.494 e. The Kier molecular flexibility index (Phi) is 7.12. The molecule has 1 aromatic carbocycles. The molecule has 1 saturated heterocycles. The number of anilines is 1. The lowest BCUT2D eigenvalue weighted by molar-refractivity contribution is 0.245. The first-order chi connectivity index (χ1) is 12.7. The van der Waals surface area contributed by atoms with Gasteiger partial charge in [-0.05, 0) is 18.9 Å². The van der Waals surface area contributed by atoms with Crippen LogP contribution in [0.25, 0.3) is 0 Å². The second-order valence-corrected chi connectivity index (χ2v) is 7.77. The van der Waals surface area contributed by atoms with Crippen molar-refractivity contribution >= 4 is 5.69 Å². The number of halogens is 2. The average molecular weight is 366 g/mol. The molecule has 0 N–H and O–H groups in total. The van der Waals surface area contributed by atoms with Gasteiger partial charge in [0, 0.05) is 38.3 Å². The van der Waals surface area contributed by atoms with Gasteiger partial charge in [-0.3, -0.25) is 4.90 Å². The smallest absolute Gasteiger partial charge is 0.167 e. The molecule has 0 unspecified atom stereocenters. The summed E-state index contributed by atoms with van der Waals surface area (Å²) in [6.07, 6.45) is 11.1. The van der Waals surface area contributed by atoms with E-state index in [9.17, 15) is 8.78 Å². The Morgan fingerprint density at radius 3 is 2.38 bits per heavy atom. The fourth-order valence-electron chi connectivity index (χ4n) is 4.37. The number of methoxy groups -OCH3 is 1. The highest BCUT2D eigenvalue weighted by Gasteiger charge is 2.21. The first kappa shape index (κ1) is 19.4. The minimum absolute atomic E-state index is 0.0390. The molecule has 0 spiro atoms. The number of hydrogen-bond acceptors (Lipinski definition) is 3. The van der Waals surface area contributed by atoms with Gasteiger partial charge in [0.15, 0.2) is 11.6 Å². The number of hydrogen-bond donors (Lipinski definition) is 0. The lowest BCUT2D eigenvalue weighted by atomic mass is 9.86. The number of rotatable bonds is 7. The third-order valence-corrected chi connectivity index (χ3v) is 6.00. The second kappa shape index (κ2) is 9.54. The Labute approximate surface area is 156 Å². The SMILES string of the molecule is COc1cc(F)c(N2CCN(CCCCC3CCCCC3)CC2)cc1F. The van der Waals surface area contributed by atoms with Crippen LogP contribution in [0.2, 0.25) is 0 Å². The molecule has 1 aromatic rings. The van der Waals surface area contributed by atoms with E-state index in [-0.39, 0.29) is 5.75 Å². The van der Waals surface area contributed by atoms with Gasteiger partial charge in [-0.25, -0.2) is 8.78 Å². The first-order valence-corrected chi connectivity index (χ1v) is 10.2. The number of piperazine rings is 1. The number of nitrogens with zero attached hydrogens (tertiary/aromatic N) is 2. The Hall–Kier alpha value is -1.36. The molecule has 1 aliphatic carbocycles. The van der Waals surface area contributed by atoms with E-state index in [2.05, 4.69) is 4.90 Å². The standard InChI is InChI=1S/C21H32F2N2O/c1-26-21-16-18(22)20(15-19(21)23)25-13-11-24(12-14-25)10-6-5-9-17-7-3-2-4-8-17/h15-17H,2-14H2,1H3. The summed E-state index contributed by atoms with van der Waals surface area (Å²) in [4.78, 5) is 4.39. The van der Waals surface area contributed by atoms with Crippen molar-refractivity contribution in [1.29, 1.82) is 0 Å². The van der Waals surface area contributed by atoms with Crippen LogP contribution in [0.5, 0.6) is 5.75 Å². The zero-order valence-electron chi connectivity index (χ0n) is 16.0. The quantitative estimate of drug-likeness (QED) is 0.642. The van der Waals surface area contributed by atoms with E-state index >= 15 is 0 Å². The van der Waals surface area contributed by atoms with Crippen LogP contribution < -0.4 is 9.64 Å². The second-order valence-electron chi connectivity index (χ2n) is 7.77. The van der Waals surface area contributed by atoms with E-state index in [1.54, 1.807) is 0 Å². The summed E-state index contributed by atoms with van der Waals surface area (Å²) in [5.41, 5.74) is 0.347. The van der Waals surface area contributed by atoms with Gasteiger partial charge in [0.1, 0.15) is 5.82 Å². The number of unbranched alkanes of at least 4 members (excludes halogenated alkanes) is 1. The van der Waals surface area contributed by atoms with E-state index in [0.29, 0.717) is 5.69 Å². The monoisotopic (exact) mass is 366 g/mol. The molecule has 3 rings (SSSR count). The van der Waals surface area contributed by atoms with E-state index in [1.807, 2.05) is 4.90 Å². The van der Waals surface area contributed by atoms with Crippen molar-refractivity contribution in [1.82, 2.24) is 4.90 Å². The van der Waals surface area contributed by atoms with Crippen molar-refractivity contribution in [3.8, 4) is 5.75 Å². The average Bonchev–Trinajstić information content (AvgIpc) is 2.68. The molecule has 26 heavy (non-hydrogen) atoms. The molecular weight excluding hydrogens is 334 g/mol. The summed E-state index contributed by atoms with van der Waals surface area (Å²) >= 11 is 0. The summed E-state index contributed by atoms with van der Waals surface area (Å²) in [5.74, 6) is 0.00890. The lowest BCUT2D eigenvalue weighted by Gasteiger charge is -2.36. The van der Waals surface area contributed by atoms with E-state index in [1.165, 1.54) is 64.5 Å². The Balaban J connectivity index is 1.39. The van der Waals surface area contributed by atoms with Gasteiger partial charge in [0.2, 0.25) is 0 Å². The van der Waals surface area contributed by atoms with Gasteiger partial charge in [0.05, 0.1) is 12.8 Å². The minimum atomic E-state index is -0.506. The molecule has 5 heteroatoms. The summed E-state index contributed by atoms with van der Waals surface area (Å²) in [6, 6.07) is 2.40. The topological polar surface area (TPSA) is 15.7 Å². The summed E-state index contributed by atoms with van der Waals surface area (Å²) in [7, 11) is 1.35. The Bertz CT molecular complexity index is 567. The van der Waals surface area contributed by atoms with Gasteiger partial charge in [-0.2, -0.15) is 0 Å². The zero-order valence-corrected chi connectivity index (χ0v) is 16.0. The van der Waals surface area contributed by atoms with Gasteiger partial charge < -0.3 is 9.64 Å². The zero-order chi connectivity index (χ0) is 18.4. The predicted octanol–water partition coefficient (Wildman–Crippen LogP) is 4.85. The van der Waals surface area contributed by atoms with Crippen molar-refractivity contribution < 1.29 is 13.5 Å². The van der Waals surface area contributed by atoms with Crippen molar-refractivity contribution in [3.63, 3.8) is 0 Å². The molecule has 2 fully saturated rings. The van der Waals surface area contributed by atoms with Crippen molar-refractivity contribution in [2.24, 2.45) is 5.92 Å². The van der Waals surface area contributed by atoms with Crippen molar-refractivity contribution in [2.75, 3.05) is 44.7 Å². The normalized spacial score (nSPS) is 19.7. The molecule has 1 saturated carbocycles. The van der Waals surface area contributed by atoms with E-state index < -0.39 is 11.6 Å². The lowest BCUT2D eigenvalue weighted by Crippen LogP contribution is -2.47. The molecular formula is C21H32F2N2O. The maximum absolute atomic E-state index is 14.2. The van der Waals surface area contributed by atoms with Crippen LogP contribution in [0.15, 0.2) is 12.1 Å². The molecule has 1 heterocycles. The third-order valence-electron chi connectivity index (χ3n) is 6.00. The van der Waals surface area contributed by atoms with Crippen molar-refractivity contribution in [2.45, 2.75) is 51.4 Å². The fourth-order valence-corrected chi connectivity index (χ4v) is 4.37. The van der Waals surface area contributed by atoms with Gasteiger partial charge >= 0.3 is 0 Å². The Morgan fingerprint density at radius 2 is 1.69 bits per heavy atom. The fraction of sp³-hybridized carbons (Fsp3) is 0.714. The highest BCUT2D eigenvalue weighted by molar-refractivity contribution is 5.51. The predicted molar refractivity (Wildman–Crippen MR) is 102 cm³/mol. The van der Waals surface area contributed by atoms with Gasteiger partial charge in [0.25, 0.3) is 0 Å². The molecule has 146 valence electrons. The van der Waals surface area contributed by atoms with Crippen LogP contribution >= 0.6 is 0 Å². The van der Waals surface area contributed by atoms with Crippen molar-refractivity contribution in [3.05, 3.63) is 23.8 Å². The summed E-state index contributed by atoms with van der Waals surface area (Å²) < 4.78 is 33.0. The number of benzene rings is 1. The molecule has 0 atom stereocenters. The highest BCUT2D eigenvalue weighted by atomic mass is 19.1. The van der Waals surface area contributed by atoms with Crippen LogP contribution in [-0.2, 0) is 0 Å². The Morgan fingerprint density at radius 1 is 0.962 bits per heavy atom. The molecule has 1 aliphatic heterocycles. The minimum Gasteiger partial charge on any atom is -0.494 e. The van der Waals surface area contributed by atoms with Crippen LogP contribution in [-0.4, -0.2) is 44.7 Å². The molecule has 0 aromatic heterocycles. The summed E-state index contributed by atoms with van der Waals surface area (Å²) in [6.45, 7) is 4.43. The third kappa shape index (κ3) is 5.09. The van der Waals surface area contributed by atoms with Gasteiger partial charge in [-0.1, -0.05) is 44.9 Å². The van der Waals surface area contributed by atoms with E-state index in [0.717, 1.165) is 44.7 Å². The van der Waals surface area contributed by atoms with Crippen LogP contribution in [0.4, 0.5) is 14.5 Å². The van der Waals surface area contributed by atoms with Crippen LogP contribution in [0.1, 0.15) is 51.4 Å². The maximum atomic E-state index is 14.2. The maximum Gasteiger partial charge on any atom is 0.167 e. The molecule has 0 bridgehead atoms. The first-order valence-electron chi connectivity index (χ1n) is 10.2. The molecule has 2 aliphatic rings. The molecule has 3 nitrogen and oxygen atoms in total. The highest BCUT2D eigenvalue weighted by Crippen LogP contribution is 2.29. The van der Waals surface area contributed by atoms with Crippen LogP contribution in [0, 0.1) is 17.6 Å². The van der Waals surface area contributed by atoms with E-state index in [4.69, 9.17) is 4.74 Å². The molecule has 0 amide bonds. The molecule has 0 radical (unpaired) electrons. The van der Waals surface area contributed by atoms with Crippen LogP contribution in [0.3, 0.4) is 0 Å². The van der Waals surface area contributed by atoms with Gasteiger partial charge in [-0.15, -0.1) is 0 Å². The number of ether oxygens (including phenoxy) is 1. The summed E-state index contributed by atoms with van der Waals surface area (Å²) in [5, 5.41) is 0.